The van der Waals surface area contributed by atoms with Crippen LogP contribution < -0.4 is 29.6 Å². The van der Waals surface area contributed by atoms with Gasteiger partial charge in [-0.3, -0.25) is 4.79 Å². The molecule has 0 aliphatic rings. The van der Waals surface area contributed by atoms with Crippen LogP contribution in [-0.4, -0.2) is 5.78 Å². The minimum atomic E-state index is -0.0504. The number of rotatable bonds is 1. The van der Waals surface area contributed by atoms with Gasteiger partial charge in [0, 0.05) is 5.56 Å². The number of nitrogens with one attached hydrogen (secondary N) is 1. The van der Waals surface area contributed by atoms with Crippen LogP contribution in [-0.2, 0) is 0 Å². The number of ketones is 1. The van der Waals surface area contributed by atoms with Gasteiger partial charge in [-0.1, -0.05) is 24.3 Å². The van der Waals surface area contributed by atoms with Crippen LogP contribution in [0.3, 0.4) is 0 Å². The third-order valence-electron chi connectivity index (χ3n) is 1.31. The fourth-order valence-electron chi connectivity index (χ4n) is 0.790. The molecule has 0 aliphatic carbocycles. The quantitative estimate of drug-likeness (QED) is 0.403. The first-order chi connectivity index (χ1) is 4.72. The molecule has 11 heavy (non-hydrogen) atoms. The smallest absolute Gasteiger partial charge is 0.698 e. The van der Waals surface area contributed by atoms with E-state index in [0.717, 1.165) is 0 Å². The molecule has 0 saturated heterocycles. The molecule has 0 radical (unpaired) electrons. The largest absolute Gasteiger partial charge is 1.00 e. The Hall–Kier alpha value is -0.310. The molecule has 0 aromatic heterocycles. The van der Waals surface area contributed by atoms with E-state index in [1.807, 2.05) is 0 Å². The Balaban J connectivity index is 0.000001000. The van der Waals surface area contributed by atoms with E-state index in [1.54, 1.807) is 24.3 Å². The van der Waals surface area contributed by atoms with E-state index in [4.69, 9.17) is 5.73 Å². The Morgan fingerprint density at radius 2 is 1.91 bits per heavy atom. The summed E-state index contributed by atoms with van der Waals surface area (Å²) < 4.78 is 0. The van der Waals surface area contributed by atoms with Crippen LogP contribution in [0.2, 0.25) is 0 Å². The Bertz CT molecular complexity index is 260. The molecule has 0 saturated carbocycles. The molecule has 0 heterocycles. The van der Waals surface area contributed by atoms with E-state index in [2.05, 4.69) is 0 Å². The van der Waals surface area contributed by atoms with E-state index >= 15 is 0 Å². The number of carbonyl (C=O) groups excluding carboxylic acids is 1. The number of hydrogen-bond acceptors (Lipinski definition) is 1. The van der Waals surface area contributed by atoms with Gasteiger partial charge in [0.2, 0.25) is 0 Å². The topological polar surface area (TPSA) is 40.9 Å². The summed E-state index contributed by atoms with van der Waals surface area (Å²) in [6.07, 6.45) is 0. The minimum absolute atomic E-state index is 0. The van der Waals surface area contributed by atoms with Gasteiger partial charge in [-0.05, 0) is 6.92 Å². The fraction of sp³-hybridized carbons (Fsp3) is 0.125. The van der Waals surface area contributed by atoms with Crippen molar-refractivity contribution in [3.8, 4) is 0 Å². The van der Waals surface area contributed by atoms with Crippen molar-refractivity contribution in [1.29, 1.82) is 0 Å². The maximum absolute atomic E-state index is 10.7. The van der Waals surface area contributed by atoms with Crippen molar-refractivity contribution in [2.24, 2.45) is 0 Å². The van der Waals surface area contributed by atoms with Gasteiger partial charge >= 0.3 is 29.6 Å². The van der Waals surface area contributed by atoms with Crippen molar-refractivity contribution in [1.82, 2.24) is 0 Å². The zero-order valence-corrected chi connectivity index (χ0v) is 8.72. The first-order valence-electron chi connectivity index (χ1n) is 3.03. The molecule has 1 aromatic rings. The molecule has 0 amide bonds. The third-order valence-corrected chi connectivity index (χ3v) is 1.31. The number of hydrogen-bond donors (Lipinski definition) is 0. The van der Waals surface area contributed by atoms with Gasteiger partial charge in [-0.25, -0.2) is 0 Å². The standard InChI is InChI=1S/C8H9NO.Na/c1-6(10)7-4-2-3-5-8(7)9;/h2-5H,1H3,(H2,9,10);/q;+1/p-1. The van der Waals surface area contributed by atoms with Crippen molar-refractivity contribution in [3.63, 3.8) is 0 Å². The van der Waals surface area contributed by atoms with Gasteiger partial charge in [-0.15, -0.1) is 5.69 Å². The molecule has 1 rings (SSSR count). The molecular weight excluding hydrogens is 149 g/mol. The fourth-order valence-corrected chi connectivity index (χ4v) is 0.790. The van der Waals surface area contributed by atoms with E-state index in [-0.39, 0.29) is 35.3 Å². The number of benzene rings is 1. The van der Waals surface area contributed by atoms with E-state index in [9.17, 15) is 4.79 Å². The maximum Gasteiger partial charge on any atom is 1.00 e. The summed E-state index contributed by atoms with van der Waals surface area (Å²) >= 11 is 0. The molecule has 1 N–H and O–H groups in total. The predicted octanol–water partition coefficient (Wildman–Crippen LogP) is -0.423. The maximum atomic E-state index is 10.7. The molecule has 0 aliphatic heterocycles. The molecule has 1 aromatic carbocycles. The summed E-state index contributed by atoms with van der Waals surface area (Å²) in [5, 5.41) is 0. The van der Waals surface area contributed by atoms with Crippen molar-refractivity contribution < 1.29 is 34.4 Å². The van der Waals surface area contributed by atoms with E-state index < -0.39 is 0 Å². The molecule has 2 nitrogen and oxygen atoms in total. The van der Waals surface area contributed by atoms with Gasteiger partial charge in [0.15, 0.2) is 5.78 Å². The summed E-state index contributed by atoms with van der Waals surface area (Å²) in [6.45, 7) is 1.47. The van der Waals surface area contributed by atoms with Gasteiger partial charge in [0.1, 0.15) is 0 Å². The summed E-state index contributed by atoms with van der Waals surface area (Å²) in [4.78, 5) is 10.7. The normalized spacial score (nSPS) is 8.45. The second-order valence-electron chi connectivity index (χ2n) is 2.10. The van der Waals surface area contributed by atoms with Gasteiger partial charge in [0.25, 0.3) is 0 Å². The van der Waals surface area contributed by atoms with E-state index in [1.165, 1.54) is 6.92 Å². The average Bonchev–Trinajstić information content (AvgIpc) is 1.88. The first-order valence-corrected chi connectivity index (χ1v) is 3.03. The van der Waals surface area contributed by atoms with Crippen LogP contribution in [0.25, 0.3) is 5.73 Å². The molecular formula is C8H8NNaO. The van der Waals surface area contributed by atoms with Gasteiger partial charge < -0.3 is 5.73 Å². The van der Waals surface area contributed by atoms with Crippen molar-refractivity contribution in [3.05, 3.63) is 35.6 Å². The summed E-state index contributed by atoms with van der Waals surface area (Å²) in [7, 11) is 0. The monoisotopic (exact) mass is 157 g/mol. The summed E-state index contributed by atoms with van der Waals surface area (Å²) in [6, 6.07) is 6.77. The first kappa shape index (κ1) is 10.7. The molecule has 0 bridgehead atoms. The Morgan fingerprint density at radius 1 is 1.36 bits per heavy atom. The zero-order chi connectivity index (χ0) is 7.56. The Kier molecular flexibility index (Phi) is 4.42. The third kappa shape index (κ3) is 2.66. The van der Waals surface area contributed by atoms with Crippen molar-refractivity contribution in [2.45, 2.75) is 6.92 Å². The van der Waals surface area contributed by atoms with Crippen LogP contribution in [0.1, 0.15) is 17.3 Å². The SMILES string of the molecule is CC(=O)c1ccccc1[NH-].[Na+]. The summed E-state index contributed by atoms with van der Waals surface area (Å²) in [5.74, 6) is -0.0504. The van der Waals surface area contributed by atoms with Crippen LogP contribution in [0.5, 0.6) is 0 Å². The van der Waals surface area contributed by atoms with Crippen LogP contribution >= 0.6 is 0 Å². The average molecular weight is 157 g/mol. The second kappa shape index (κ2) is 4.54. The molecule has 0 atom stereocenters. The molecule has 0 spiro atoms. The van der Waals surface area contributed by atoms with Crippen LogP contribution in [0.15, 0.2) is 24.3 Å². The predicted molar refractivity (Wildman–Crippen MR) is 40.4 cm³/mol. The number of Topliss-reactive ketones (excluding diaryl/α,β-unsaturated/α-hetero) is 1. The molecule has 3 heteroatoms. The number of carbonyl (C=O) groups is 1. The van der Waals surface area contributed by atoms with Gasteiger partial charge in [0.05, 0.1) is 0 Å². The molecule has 52 valence electrons. The van der Waals surface area contributed by atoms with E-state index in [0.29, 0.717) is 11.3 Å². The molecule has 0 fully saturated rings. The van der Waals surface area contributed by atoms with Crippen molar-refractivity contribution in [2.75, 3.05) is 0 Å². The summed E-state index contributed by atoms with van der Waals surface area (Å²) in [5.41, 5.74) is 8.07. The second-order valence-corrected chi connectivity index (χ2v) is 2.10. The Morgan fingerprint density at radius 3 is 2.27 bits per heavy atom. The molecule has 0 unspecified atom stereocenters. The Labute approximate surface area is 88.1 Å². The zero-order valence-electron chi connectivity index (χ0n) is 6.72. The van der Waals surface area contributed by atoms with Crippen LogP contribution in [0, 0.1) is 0 Å². The minimum Gasteiger partial charge on any atom is -0.698 e. The van der Waals surface area contributed by atoms with Crippen LogP contribution in [0.4, 0.5) is 5.69 Å². The van der Waals surface area contributed by atoms with Crippen molar-refractivity contribution >= 4 is 11.5 Å². The van der Waals surface area contributed by atoms with Gasteiger partial charge in [-0.2, -0.15) is 0 Å².